The Hall–Kier alpha value is -7.62. The average Bonchev–Trinajstić information content (AvgIpc) is 3.96. The van der Waals surface area contributed by atoms with Crippen molar-refractivity contribution in [2.75, 3.05) is 44.0 Å². The molecule has 77 heavy (non-hydrogen) atoms. The van der Waals surface area contributed by atoms with E-state index >= 15 is 0 Å². The Kier molecular flexibility index (Phi) is 17.1. The predicted octanol–water partition coefficient (Wildman–Crippen LogP) is 10.1. The van der Waals surface area contributed by atoms with Crippen LogP contribution in [-0.2, 0) is 72.5 Å². The SMILES string of the molecule is COc1ccc(C(C)(C)CCn2nc(CC(CC(=O)O)c3cc(C#N)cc(C(C)(C)C(F)(F)F)c3)cc2OCCc2ccc3c(n2)NCCC3)cc1C(CC(=O)O)Cc1cc(OCCc2ccc3c(n2)NCCC3)n(C)n1. The number of pyridine rings is 2. The lowest BCUT2D eigenvalue weighted by atomic mass is 9.79. The number of alkyl halides is 3. The van der Waals surface area contributed by atoms with Gasteiger partial charge in [0, 0.05) is 69.0 Å². The number of aromatic nitrogens is 6. The van der Waals surface area contributed by atoms with E-state index in [1.54, 1.807) is 29.6 Å². The molecule has 408 valence electrons. The minimum Gasteiger partial charge on any atom is -0.496 e. The van der Waals surface area contributed by atoms with Crippen LogP contribution in [-0.4, -0.2) is 91.3 Å². The highest BCUT2D eigenvalue weighted by Gasteiger charge is 2.49. The van der Waals surface area contributed by atoms with Crippen LogP contribution in [0.3, 0.4) is 0 Å². The van der Waals surface area contributed by atoms with E-state index in [1.165, 1.54) is 23.8 Å². The summed E-state index contributed by atoms with van der Waals surface area (Å²) in [7, 11) is 3.35. The molecule has 4 N–H and O–H groups in total. The summed E-state index contributed by atoms with van der Waals surface area (Å²) in [6, 6.07) is 23.6. The number of rotatable bonds is 24. The number of methoxy groups -OCH3 is 1. The summed E-state index contributed by atoms with van der Waals surface area (Å²) < 4.78 is 64.8. The number of aliphatic carboxylic acids is 2. The van der Waals surface area contributed by atoms with Crippen LogP contribution in [0.2, 0.25) is 0 Å². The van der Waals surface area contributed by atoms with Crippen molar-refractivity contribution in [3.63, 3.8) is 0 Å². The fourth-order valence-corrected chi connectivity index (χ4v) is 10.1. The number of nitrogens with zero attached hydrogens (tertiary/aromatic N) is 7. The number of carboxylic acid groups (broad SMARTS) is 2. The first-order chi connectivity index (χ1) is 36.7. The van der Waals surface area contributed by atoms with E-state index < -0.39 is 47.2 Å². The average molecular weight is 1060 g/mol. The van der Waals surface area contributed by atoms with Gasteiger partial charge in [-0.1, -0.05) is 44.2 Å². The van der Waals surface area contributed by atoms with Crippen molar-refractivity contribution in [3.05, 3.63) is 135 Å². The normalized spacial score (nSPS) is 14.3. The molecule has 0 saturated heterocycles. The Morgan fingerprint density at radius 3 is 1.92 bits per heavy atom. The second-order valence-corrected chi connectivity index (χ2v) is 21.3. The molecule has 2 aliphatic rings. The van der Waals surface area contributed by atoms with E-state index in [0.717, 1.165) is 86.8 Å². The first kappa shape index (κ1) is 55.6. The minimum atomic E-state index is -4.64. The van der Waals surface area contributed by atoms with Gasteiger partial charge in [0.05, 0.1) is 61.6 Å². The number of carboxylic acids is 2. The van der Waals surface area contributed by atoms with Gasteiger partial charge in [0.1, 0.15) is 17.4 Å². The zero-order chi connectivity index (χ0) is 55.1. The van der Waals surface area contributed by atoms with Gasteiger partial charge < -0.3 is 35.1 Å². The van der Waals surface area contributed by atoms with Crippen LogP contribution in [0.25, 0.3) is 0 Å². The lowest BCUT2D eigenvalue weighted by Gasteiger charge is -2.29. The molecule has 6 aromatic rings. The van der Waals surface area contributed by atoms with Crippen molar-refractivity contribution in [3.8, 4) is 23.6 Å². The fourth-order valence-electron chi connectivity index (χ4n) is 10.1. The third kappa shape index (κ3) is 13.7. The molecule has 0 fully saturated rings. The maximum absolute atomic E-state index is 14.3. The highest BCUT2D eigenvalue weighted by Crippen LogP contribution is 2.43. The quantitative estimate of drug-likeness (QED) is 0.0445. The summed E-state index contributed by atoms with van der Waals surface area (Å²) in [6.45, 7) is 8.92. The number of hydrogen-bond donors (Lipinski definition) is 4. The zero-order valence-corrected chi connectivity index (χ0v) is 44.6. The fraction of sp³-hybridized carbons (Fsp3) is 0.466. The molecule has 0 saturated carbocycles. The van der Waals surface area contributed by atoms with Gasteiger partial charge in [-0.2, -0.15) is 28.6 Å². The molecule has 4 aromatic heterocycles. The lowest BCUT2D eigenvalue weighted by Crippen LogP contribution is -2.36. The number of aryl methyl sites for hydroxylation is 4. The predicted molar refractivity (Wildman–Crippen MR) is 284 cm³/mol. The van der Waals surface area contributed by atoms with Crippen LogP contribution in [0, 0.1) is 11.3 Å². The summed E-state index contributed by atoms with van der Waals surface area (Å²) in [5, 5.41) is 46.6. The van der Waals surface area contributed by atoms with Gasteiger partial charge in [-0.05, 0) is 134 Å². The summed E-state index contributed by atoms with van der Waals surface area (Å²) in [5.41, 5.74) is 4.14. The molecule has 2 aromatic carbocycles. The van der Waals surface area contributed by atoms with Crippen molar-refractivity contribution in [1.82, 2.24) is 29.5 Å². The number of halogens is 3. The molecule has 0 radical (unpaired) electrons. The van der Waals surface area contributed by atoms with Crippen LogP contribution >= 0.6 is 0 Å². The number of carbonyl (C=O) groups is 2. The van der Waals surface area contributed by atoms with Gasteiger partial charge in [0.25, 0.3) is 0 Å². The Morgan fingerprint density at radius 2 is 1.32 bits per heavy atom. The minimum absolute atomic E-state index is 0.0109. The first-order valence-electron chi connectivity index (χ1n) is 26.2. The number of nitriles is 1. The molecule has 2 aliphatic heterocycles. The monoisotopic (exact) mass is 1060 g/mol. The van der Waals surface area contributed by atoms with Crippen LogP contribution in [0.15, 0.2) is 72.8 Å². The smallest absolute Gasteiger partial charge is 0.397 e. The molecule has 6 heterocycles. The van der Waals surface area contributed by atoms with E-state index in [4.69, 9.17) is 34.4 Å². The van der Waals surface area contributed by atoms with Crippen molar-refractivity contribution in [2.45, 2.75) is 134 Å². The maximum Gasteiger partial charge on any atom is 0.397 e. The van der Waals surface area contributed by atoms with Crippen molar-refractivity contribution < 1.29 is 47.2 Å². The van der Waals surface area contributed by atoms with Gasteiger partial charge in [-0.25, -0.2) is 19.3 Å². The lowest BCUT2D eigenvalue weighted by molar-refractivity contribution is -0.180. The number of benzene rings is 2. The molecule has 0 amide bonds. The molecule has 2 unspecified atom stereocenters. The highest BCUT2D eigenvalue weighted by atomic mass is 19.4. The van der Waals surface area contributed by atoms with Gasteiger partial charge in [0.2, 0.25) is 11.8 Å². The van der Waals surface area contributed by atoms with Crippen molar-refractivity contribution in [1.29, 1.82) is 5.26 Å². The summed E-state index contributed by atoms with van der Waals surface area (Å²) in [5.74, 6) is -0.206. The Morgan fingerprint density at radius 1 is 0.740 bits per heavy atom. The van der Waals surface area contributed by atoms with E-state index in [9.17, 15) is 38.2 Å². The van der Waals surface area contributed by atoms with E-state index in [-0.39, 0.29) is 36.1 Å². The van der Waals surface area contributed by atoms with Crippen LogP contribution < -0.4 is 24.8 Å². The van der Waals surface area contributed by atoms with Crippen LogP contribution in [0.5, 0.6) is 17.5 Å². The Labute approximate surface area is 447 Å². The molecule has 0 bridgehead atoms. The number of ether oxygens (including phenoxy) is 3. The molecule has 16 nitrogen and oxygen atoms in total. The van der Waals surface area contributed by atoms with Crippen molar-refractivity contribution >= 4 is 23.6 Å². The van der Waals surface area contributed by atoms with E-state index in [2.05, 4.69) is 36.6 Å². The first-order valence-corrected chi connectivity index (χ1v) is 26.2. The number of hydrogen-bond acceptors (Lipinski definition) is 12. The molecule has 2 atom stereocenters. The molecule has 0 spiro atoms. The Bertz CT molecular complexity index is 3120. The molecule has 0 aliphatic carbocycles. The standard InChI is InChI=1S/C58H68F3N9O7/c1-56(2,42-13-16-49(75-6)48(32-42)41(31-53(73)74)29-46-33-50(69(5)67-46)76-23-17-44-14-11-37-9-7-20-63-54(37)65-44)19-22-70-51(77-24-18-45-15-12-38-10-8-21-64-55(38)66-45)34-47(68-70)28-40(30-52(71)72)39-25-36(35-62)26-43(27-39)57(3,4)58(59,60)61/h11-16,25-27,32-34,40-41H,7-10,17-24,28-31H2,1-6H3,(H,63,65)(H,64,66)(H,71,72)(H,73,74). The Balaban J connectivity index is 1.03. The van der Waals surface area contributed by atoms with Crippen LogP contribution in [0.1, 0.15) is 133 Å². The number of fused-ring (bicyclic) bond motifs is 2. The second kappa shape index (κ2) is 23.7. The summed E-state index contributed by atoms with van der Waals surface area (Å²) in [6.07, 6.45) is 0.721. The largest absolute Gasteiger partial charge is 0.496 e. The van der Waals surface area contributed by atoms with Crippen LogP contribution in [0.4, 0.5) is 24.8 Å². The van der Waals surface area contributed by atoms with Gasteiger partial charge in [-0.3, -0.25) is 9.59 Å². The van der Waals surface area contributed by atoms with E-state index in [1.807, 2.05) is 42.5 Å². The third-order valence-corrected chi connectivity index (χ3v) is 14.9. The van der Waals surface area contributed by atoms with Gasteiger partial charge >= 0.3 is 18.1 Å². The van der Waals surface area contributed by atoms with Crippen molar-refractivity contribution in [2.24, 2.45) is 7.05 Å². The molecular formula is C58H68F3N9O7. The van der Waals surface area contributed by atoms with Gasteiger partial charge in [0.15, 0.2) is 0 Å². The van der Waals surface area contributed by atoms with E-state index in [0.29, 0.717) is 73.3 Å². The summed E-state index contributed by atoms with van der Waals surface area (Å²) >= 11 is 0. The zero-order valence-electron chi connectivity index (χ0n) is 44.6. The number of nitrogens with one attached hydrogen (secondary N) is 2. The number of anilines is 2. The summed E-state index contributed by atoms with van der Waals surface area (Å²) in [4.78, 5) is 34.5. The second-order valence-electron chi connectivity index (χ2n) is 21.3. The molecule has 19 heteroatoms. The third-order valence-electron chi connectivity index (χ3n) is 14.9. The van der Waals surface area contributed by atoms with Gasteiger partial charge in [-0.15, -0.1) is 0 Å². The molecule has 8 rings (SSSR count). The molecular weight excluding hydrogens is 992 g/mol. The highest BCUT2D eigenvalue weighted by molar-refractivity contribution is 5.69. The maximum atomic E-state index is 14.3. The topological polar surface area (TPSA) is 212 Å².